The molecule has 2 atom stereocenters. The van der Waals surface area contributed by atoms with E-state index in [9.17, 15) is 5.11 Å². The van der Waals surface area contributed by atoms with Crippen LogP contribution in [-0.2, 0) is 4.74 Å². The third-order valence-corrected chi connectivity index (χ3v) is 2.84. The van der Waals surface area contributed by atoms with E-state index >= 15 is 0 Å². The van der Waals surface area contributed by atoms with E-state index in [1.54, 1.807) is 18.2 Å². The summed E-state index contributed by atoms with van der Waals surface area (Å²) < 4.78 is 10.9. The summed E-state index contributed by atoms with van der Waals surface area (Å²) in [4.78, 5) is 4.18. The van der Waals surface area contributed by atoms with Gasteiger partial charge in [0.15, 0.2) is 0 Å². The number of aromatic hydroxyl groups is 1. The minimum Gasteiger partial charge on any atom is -0.508 e. The smallest absolute Gasteiger partial charge is 0.282 e. The highest BCUT2D eigenvalue weighted by Crippen LogP contribution is 2.22. The molecule has 0 spiro atoms. The average molecular weight is 250 g/mol. The number of phenols is 1. The lowest BCUT2D eigenvalue weighted by molar-refractivity contribution is 0.168. The third-order valence-electron chi connectivity index (χ3n) is 2.84. The van der Waals surface area contributed by atoms with Crippen LogP contribution in [-0.4, -0.2) is 29.9 Å². The fourth-order valence-corrected chi connectivity index (χ4v) is 1.91. The molecule has 18 heavy (non-hydrogen) atoms. The molecule has 0 amide bonds. The molecule has 0 saturated heterocycles. The molecule has 98 valence electrons. The van der Waals surface area contributed by atoms with Gasteiger partial charge in [-0.15, -0.1) is 0 Å². The van der Waals surface area contributed by atoms with Gasteiger partial charge in [-0.3, -0.25) is 0 Å². The van der Waals surface area contributed by atoms with Crippen LogP contribution in [0.1, 0.15) is 19.8 Å². The van der Waals surface area contributed by atoms with Crippen LogP contribution >= 0.6 is 0 Å². The number of ether oxygens (including phenoxy) is 2. The number of hydrogen-bond acceptors (Lipinski definition) is 5. The normalized spacial score (nSPS) is 20.1. The van der Waals surface area contributed by atoms with Gasteiger partial charge >= 0.3 is 0 Å². The van der Waals surface area contributed by atoms with Gasteiger partial charge in [0.25, 0.3) is 6.02 Å². The van der Waals surface area contributed by atoms with Gasteiger partial charge in [0.05, 0.1) is 6.04 Å². The number of rotatable bonds is 5. The fraction of sp³-hybridized carbons (Fsp3) is 0.462. The molecule has 1 aromatic rings. The van der Waals surface area contributed by atoms with Gasteiger partial charge in [0.1, 0.15) is 24.2 Å². The summed E-state index contributed by atoms with van der Waals surface area (Å²) in [6, 6.07) is 7.12. The van der Waals surface area contributed by atoms with Crippen LogP contribution in [0.15, 0.2) is 29.3 Å². The maximum absolute atomic E-state index is 9.38. The molecule has 0 bridgehead atoms. The van der Waals surface area contributed by atoms with Crippen molar-refractivity contribution in [2.45, 2.75) is 31.9 Å². The number of hydrogen-bond donors (Lipinski definition) is 2. The molecule has 5 heteroatoms. The van der Waals surface area contributed by atoms with E-state index in [0.29, 0.717) is 12.4 Å². The first kappa shape index (κ1) is 12.5. The molecular weight excluding hydrogens is 232 g/mol. The first-order valence-electron chi connectivity index (χ1n) is 6.09. The lowest BCUT2D eigenvalue weighted by Gasteiger charge is -2.19. The first-order chi connectivity index (χ1) is 8.67. The molecule has 0 saturated carbocycles. The van der Waals surface area contributed by atoms with E-state index in [4.69, 9.17) is 15.2 Å². The van der Waals surface area contributed by atoms with Crippen LogP contribution in [0, 0.1) is 0 Å². The number of aliphatic imine (C=N–C) groups is 1. The van der Waals surface area contributed by atoms with Crippen molar-refractivity contribution in [1.82, 2.24) is 0 Å². The van der Waals surface area contributed by atoms with Crippen molar-refractivity contribution < 1.29 is 14.6 Å². The third kappa shape index (κ3) is 3.29. The Morgan fingerprint density at radius 2 is 2.44 bits per heavy atom. The predicted octanol–water partition coefficient (Wildman–Crippen LogP) is 1.65. The van der Waals surface area contributed by atoms with Crippen molar-refractivity contribution in [3.8, 4) is 11.5 Å². The summed E-state index contributed by atoms with van der Waals surface area (Å²) >= 11 is 0. The second kappa shape index (κ2) is 5.62. The number of nitrogens with two attached hydrogens (primary N) is 1. The molecule has 0 aromatic heterocycles. The molecule has 1 aliphatic rings. The van der Waals surface area contributed by atoms with Crippen LogP contribution in [0.2, 0.25) is 0 Å². The number of phenolic OH excluding ortho intramolecular Hbond substituents is 1. The highest BCUT2D eigenvalue weighted by atomic mass is 16.5. The zero-order chi connectivity index (χ0) is 13.0. The van der Waals surface area contributed by atoms with Crippen molar-refractivity contribution >= 4 is 6.02 Å². The van der Waals surface area contributed by atoms with Crippen molar-refractivity contribution in [3.63, 3.8) is 0 Å². The second-order valence-electron chi connectivity index (χ2n) is 4.31. The Morgan fingerprint density at radius 3 is 3.06 bits per heavy atom. The SMILES string of the molecule is CC[C@@H](C[C@H]1COC(N)=N1)Oc1cccc(O)c1. The first-order valence-corrected chi connectivity index (χ1v) is 6.09. The highest BCUT2D eigenvalue weighted by Gasteiger charge is 2.21. The van der Waals surface area contributed by atoms with Gasteiger partial charge in [-0.1, -0.05) is 13.0 Å². The van der Waals surface area contributed by atoms with E-state index in [1.807, 2.05) is 6.07 Å². The molecule has 2 rings (SSSR count). The topological polar surface area (TPSA) is 77.1 Å². The zero-order valence-corrected chi connectivity index (χ0v) is 10.4. The lowest BCUT2D eigenvalue weighted by atomic mass is 10.1. The van der Waals surface area contributed by atoms with E-state index in [1.165, 1.54) is 0 Å². The number of benzene rings is 1. The van der Waals surface area contributed by atoms with Crippen molar-refractivity contribution in [2.24, 2.45) is 10.7 Å². The molecule has 3 N–H and O–H groups in total. The number of nitrogens with zero attached hydrogens (tertiary/aromatic N) is 1. The Bertz CT molecular complexity index is 434. The van der Waals surface area contributed by atoms with E-state index in [-0.39, 0.29) is 23.9 Å². The van der Waals surface area contributed by atoms with Gasteiger partial charge in [-0.2, -0.15) is 0 Å². The molecule has 0 aliphatic carbocycles. The minimum absolute atomic E-state index is 0.0371. The van der Waals surface area contributed by atoms with E-state index in [2.05, 4.69) is 11.9 Å². The van der Waals surface area contributed by atoms with E-state index < -0.39 is 0 Å². The fourth-order valence-electron chi connectivity index (χ4n) is 1.91. The Kier molecular flexibility index (Phi) is 3.92. The predicted molar refractivity (Wildman–Crippen MR) is 68.8 cm³/mol. The van der Waals surface area contributed by atoms with Crippen molar-refractivity contribution in [3.05, 3.63) is 24.3 Å². The molecule has 0 radical (unpaired) electrons. The van der Waals surface area contributed by atoms with Crippen LogP contribution in [0.25, 0.3) is 0 Å². The Morgan fingerprint density at radius 1 is 1.61 bits per heavy atom. The highest BCUT2D eigenvalue weighted by molar-refractivity contribution is 5.73. The van der Waals surface area contributed by atoms with Crippen LogP contribution in [0.3, 0.4) is 0 Å². The van der Waals surface area contributed by atoms with Gasteiger partial charge < -0.3 is 20.3 Å². The molecule has 0 unspecified atom stereocenters. The van der Waals surface area contributed by atoms with E-state index in [0.717, 1.165) is 12.8 Å². The van der Waals surface area contributed by atoms with Crippen LogP contribution < -0.4 is 10.5 Å². The average Bonchev–Trinajstić information content (AvgIpc) is 2.74. The van der Waals surface area contributed by atoms with Gasteiger partial charge in [-0.05, 0) is 18.6 Å². The van der Waals surface area contributed by atoms with Gasteiger partial charge in [-0.25, -0.2) is 4.99 Å². The summed E-state index contributed by atoms with van der Waals surface area (Å²) in [5.41, 5.74) is 5.47. The van der Waals surface area contributed by atoms with Crippen LogP contribution in [0.5, 0.6) is 11.5 Å². The van der Waals surface area contributed by atoms with Crippen molar-refractivity contribution in [1.29, 1.82) is 0 Å². The molecule has 1 heterocycles. The largest absolute Gasteiger partial charge is 0.508 e. The monoisotopic (exact) mass is 250 g/mol. The maximum Gasteiger partial charge on any atom is 0.282 e. The molecular formula is C13H18N2O3. The molecule has 1 aliphatic heterocycles. The van der Waals surface area contributed by atoms with Crippen molar-refractivity contribution in [2.75, 3.05) is 6.61 Å². The van der Waals surface area contributed by atoms with Gasteiger partial charge in [0, 0.05) is 12.5 Å². The Labute approximate surface area is 106 Å². The summed E-state index contributed by atoms with van der Waals surface area (Å²) in [6.07, 6.45) is 1.66. The Balaban J connectivity index is 1.93. The van der Waals surface area contributed by atoms with Gasteiger partial charge in [0.2, 0.25) is 0 Å². The zero-order valence-electron chi connectivity index (χ0n) is 10.4. The summed E-state index contributed by atoms with van der Waals surface area (Å²) in [6.45, 7) is 2.57. The summed E-state index contributed by atoms with van der Waals surface area (Å²) in [5.74, 6) is 0.867. The number of amidine groups is 1. The molecule has 1 aromatic carbocycles. The maximum atomic E-state index is 9.38. The van der Waals surface area contributed by atoms with Crippen LogP contribution in [0.4, 0.5) is 0 Å². The standard InChI is InChI=1S/C13H18N2O3/c1-2-11(6-9-8-17-13(14)15-9)18-12-5-3-4-10(16)7-12/h3-5,7,9,11,16H,2,6,8H2,1H3,(H2,14,15)/t9-,11-/m0/s1. The minimum atomic E-state index is 0.0371. The quantitative estimate of drug-likeness (QED) is 0.833. The lowest BCUT2D eigenvalue weighted by Crippen LogP contribution is -2.22. The summed E-state index contributed by atoms with van der Waals surface area (Å²) in [5, 5.41) is 9.38. The Hall–Kier alpha value is -1.91. The second-order valence-corrected chi connectivity index (χ2v) is 4.31. The summed E-state index contributed by atoms with van der Waals surface area (Å²) in [7, 11) is 0. The molecule has 0 fully saturated rings. The molecule has 5 nitrogen and oxygen atoms in total.